The van der Waals surface area contributed by atoms with E-state index in [1.807, 2.05) is 0 Å². The molecule has 1 saturated carbocycles. The van der Waals surface area contributed by atoms with Crippen molar-refractivity contribution >= 4 is 29.8 Å². The molecule has 31 heavy (non-hydrogen) atoms. The number of carbonyl (C=O) groups excluding carboxylic acids is 5. The molecule has 0 amide bonds. The van der Waals surface area contributed by atoms with Gasteiger partial charge in [-0.2, -0.15) is 0 Å². The van der Waals surface area contributed by atoms with Gasteiger partial charge in [0.05, 0.1) is 0 Å². The summed E-state index contributed by atoms with van der Waals surface area (Å²) in [4.78, 5) is 58.8. The first kappa shape index (κ1) is 26.3. The molecule has 0 aromatic rings. The van der Waals surface area contributed by atoms with Crippen molar-refractivity contribution in [1.82, 2.24) is 0 Å². The summed E-state index contributed by atoms with van der Waals surface area (Å²) in [5, 5.41) is 9.05. The molecular formula is C19H28O12. The molecule has 0 heterocycles. The second-order valence-electron chi connectivity index (χ2n) is 6.78. The molecule has 0 radical (unpaired) electrons. The second kappa shape index (κ2) is 12.2. The maximum absolute atomic E-state index is 11.8. The molecule has 0 aliphatic heterocycles. The van der Waals surface area contributed by atoms with Crippen molar-refractivity contribution in [1.29, 1.82) is 0 Å². The van der Waals surface area contributed by atoms with Gasteiger partial charge in [-0.15, -0.1) is 0 Å². The third-order valence-corrected chi connectivity index (χ3v) is 4.07. The highest BCUT2D eigenvalue weighted by Crippen LogP contribution is 2.34. The topological polar surface area (TPSA) is 161 Å². The Morgan fingerprint density at radius 2 is 0.806 bits per heavy atom. The van der Waals surface area contributed by atoms with Crippen LogP contribution < -0.4 is 0 Å². The molecule has 0 aromatic heterocycles. The van der Waals surface area contributed by atoms with E-state index in [9.17, 15) is 24.0 Å². The largest absolute Gasteiger partial charge is 0.455 e. The van der Waals surface area contributed by atoms with Crippen molar-refractivity contribution in [3.8, 4) is 0 Å². The third kappa shape index (κ3) is 8.13. The number of hydrogen-bond donors (Lipinski definition) is 1. The fraction of sp³-hybridized carbons (Fsp3) is 0.737. The van der Waals surface area contributed by atoms with Gasteiger partial charge in [-0.1, -0.05) is 0 Å². The van der Waals surface area contributed by atoms with Crippen molar-refractivity contribution in [2.75, 3.05) is 13.2 Å². The quantitative estimate of drug-likeness (QED) is 0.272. The molecule has 4 unspecified atom stereocenters. The lowest BCUT2D eigenvalue weighted by atomic mass is 9.83. The maximum Gasteiger partial charge on any atom is 0.303 e. The molecule has 0 spiro atoms. The first-order chi connectivity index (χ1) is 14.5. The van der Waals surface area contributed by atoms with E-state index in [0.717, 1.165) is 34.6 Å². The predicted molar refractivity (Wildman–Crippen MR) is 99.2 cm³/mol. The summed E-state index contributed by atoms with van der Waals surface area (Å²) in [5.74, 6) is -4.00. The zero-order chi connectivity index (χ0) is 23.7. The summed E-state index contributed by atoms with van der Waals surface area (Å²) in [5.41, 5.74) is 0. The third-order valence-electron chi connectivity index (χ3n) is 4.07. The summed E-state index contributed by atoms with van der Waals surface area (Å²) in [7, 11) is 0. The number of rotatable bonds is 9. The zero-order valence-corrected chi connectivity index (χ0v) is 18.0. The fourth-order valence-electron chi connectivity index (χ4n) is 3.22. The van der Waals surface area contributed by atoms with Gasteiger partial charge in [-0.25, -0.2) is 0 Å². The van der Waals surface area contributed by atoms with Crippen LogP contribution in [0.3, 0.4) is 0 Å². The van der Waals surface area contributed by atoms with Crippen LogP contribution in [0, 0.1) is 0 Å². The Labute approximate surface area is 179 Å². The van der Waals surface area contributed by atoms with Crippen LogP contribution in [-0.4, -0.2) is 84.8 Å². The first-order valence-corrected chi connectivity index (χ1v) is 9.56. The lowest BCUT2D eigenvalue weighted by Gasteiger charge is -2.47. The number of aliphatic hydroxyl groups excluding tert-OH is 1. The molecule has 0 aromatic carbocycles. The molecule has 12 nitrogen and oxygen atoms in total. The summed E-state index contributed by atoms with van der Waals surface area (Å²) in [6.45, 7) is 5.13. The lowest BCUT2D eigenvalue weighted by Crippen LogP contribution is -2.68. The van der Waals surface area contributed by atoms with E-state index in [4.69, 9.17) is 33.5 Å². The highest BCUT2D eigenvalue weighted by atomic mass is 16.7. The van der Waals surface area contributed by atoms with Gasteiger partial charge < -0.3 is 33.5 Å². The Morgan fingerprint density at radius 1 is 0.548 bits per heavy atom. The van der Waals surface area contributed by atoms with Gasteiger partial charge in [0.2, 0.25) is 0 Å². The van der Waals surface area contributed by atoms with E-state index in [1.54, 1.807) is 0 Å². The summed E-state index contributed by atoms with van der Waals surface area (Å²) in [6, 6.07) is 0. The van der Waals surface area contributed by atoms with Crippen LogP contribution in [0.15, 0.2) is 0 Å². The van der Waals surface area contributed by atoms with Crippen molar-refractivity contribution < 1.29 is 57.5 Å². The molecular weight excluding hydrogens is 420 g/mol. The minimum absolute atomic E-state index is 0.0610. The van der Waals surface area contributed by atoms with Crippen LogP contribution >= 0.6 is 0 Å². The molecule has 1 rings (SSSR count). The van der Waals surface area contributed by atoms with Gasteiger partial charge in [0.25, 0.3) is 0 Å². The minimum Gasteiger partial charge on any atom is -0.455 e. The van der Waals surface area contributed by atoms with Gasteiger partial charge in [-0.3, -0.25) is 24.0 Å². The average Bonchev–Trinajstić information content (AvgIpc) is 2.61. The summed E-state index contributed by atoms with van der Waals surface area (Å²) >= 11 is 0. The molecule has 0 bridgehead atoms. The van der Waals surface area contributed by atoms with E-state index >= 15 is 0 Å². The van der Waals surface area contributed by atoms with E-state index < -0.39 is 66.5 Å². The van der Waals surface area contributed by atoms with Crippen LogP contribution in [0.5, 0.6) is 0 Å². The SMILES string of the molecule is CC(=O)OC1C(OC(C)=O)[C@H](OC(C)=O)C(OC(C)=O)C(OC(C)=O)[C@H]1OCCCO. The number of hydrogen-bond acceptors (Lipinski definition) is 12. The highest BCUT2D eigenvalue weighted by molar-refractivity contribution is 5.70. The van der Waals surface area contributed by atoms with E-state index in [-0.39, 0.29) is 19.6 Å². The number of carbonyl (C=O) groups is 5. The summed E-state index contributed by atoms with van der Waals surface area (Å²) in [6.07, 6.45) is -8.24. The van der Waals surface area contributed by atoms with Crippen LogP contribution in [0.1, 0.15) is 41.0 Å². The van der Waals surface area contributed by atoms with E-state index in [0.29, 0.717) is 0 Å². The molecule has 1 N–H and O–H groups in total. The molecule has 12 heteroatoms. The van der Waals surface area contributed by atoms with Crippen molar-refractivity contribution in [3.63, 3.8) is 0 Å². The van der Waals surface area contributed by atoms with Crippen molar-refractivity contribution in [2.45, 2.75) is 77.7 Å². The van der Waals surface area contributed by atoms with Gasteiger partial charge in [-0.05, 0) is 6.42 Å². The van der Waals surface area contributed by atoms with Gasteiger partial charge in [0.15, 0.2) is 30.5 Å². The van der Waals surface area contributed by atoms with Crippen LogP contribution in [0.4, 0.5) is 0 Å². The molecule has 4 atom stereocenters. The van der Waals surface area contributed by atoms with E-state index in [2.05, 4.69) is 0 Å². The smallest absolute Gasteiger partial charge is 0.303 e. The molecule has 176 valence electrons. The number of esters is 5. The van der Waals surface area contributed by atoms with Crippen molar-refractivity contribution in [2.24, 2.45) is 0 Å². The average molecular weight is 448 g/mol. The van der Waals surface area contributed by atoms with Crippen LogP contribution in [0.25, 0.3) is 0 Å². The molecule has 1 aliphatic carbocycles. The Morgan fingerprint density at radius 3 is 1.03 bits per heavy atom. The zero-order valence-electron chi connectivity index (χ0n) is 18.0. The Balaban J connectivity index is 3.58. The van der Waals surface area contributed by atoms with Crippen molar-refractivity contribution in [3.05, 3.63) is 0 Å². The predicted octanol–water partition coefficient (Wildman–Crippen LogP) is -0.574. The molecule has 1 aliphatic rings. The fourth-order valence-corrected chi connectivity index (χ4v) is 3.22. The van der Waals surface area contributed by atoms with Gasteiger partial charge in [0, 0.05) is 47.8 Å². The highest BCUT2D eigenvalue weighted by Gasteiger charge is 2.59. The second-order valence-corrected chi connectivity index (χ2v) is 6.78. The van der Waals surface area contributed by atoms with Gasteiger partial charge >= 0.3 is 29.8 Å². The van der Waals surface area contributed by atoms with Crippen LogP contribution in [-0.2, 0) is 52.4 Å². The number of ether oxygens (including phenoxy) is 6. The van der Waals surface area contributed by atoms with Crippen LogP contribution in [0.2, 0.25) is 0 Å². The minimum atomic E-state index is -1.48. The first-order valence-electron chi connectivity index (χ1n) is 9.56. The standard InChI is InChI=1S/C19H28O12/c1-9(21)27-15-14(26-8-6-7-20)16(28-10(2)22)18(30-12(4)24)19(31-13(5)25)17(15)29-11(3)23/h14-20H,6-8H2,1-5H3/t14-,15?,16?,17?,18?,19-. The van der Waals surface area contributed by atoms with E-state index in [1.165, 1.54) is 0 Å². The maximum atomic E-state index is 11.8. The monoisotopic (exact) mass is 448 g/mol. The lowest BCUT2D eigenvalue weighted by molar-refractivity contribution is -0.262. The van der Waals surface area contributed by atoms with Gasteiger partial charge in [0.1, 0.15) is 6.10 Å². The molecule has 0 saturated heterocycles. The normalized spacial score (nSPS) is 27.5. The Bertz CT molecular complexity index is 631. The molecule has 1 fully saturated rings. The Hall–Kier alpha value is -2.73. The summed E-state index contributed by atoms with van der Waals surface area (Å²) < 4.78 is 32.1. The number of aliphatic hydroxyl groups is 1. The Kier molecular flexibility index (Phi) is 10.4.